The van der Waals surface area contributed by atoms with Crippen LogP contribution >= 0.6 is 0 Å². The zero-order valence-corrected chi connectivity index (χ0v) is 15.4. The minimum atomic E-state index is -0.332. The molecule has 1 aromatic carbocycles. The molecule has 0 saturated carbocycles. The minimum Gasteiger partial charge on any atom is -0.469 e. The van der Waals surface area contributed by atoms with Crippen LogP contribution < -0.4 is 5.32 Å². The second-order valence-electron chi connectivity index (χ2n) is 7.01. The fourth-order valence-corrected chi connectivity index (χ4v) is 3.95. The van der Waals surface area contributed by atoms with Crippen molar-refractivity contribution >= 4 is 23.5 Å². The van der Waals surface area contributed by atoms with Crippen molar-refractivity contribution in [3.05, 3.63) is 42.5 Å². The lowest BCUT2D eigenvalue weighted by atomic mass is 9.72. The Bertz CT molecular complexity index is 737. The van der Waals surface area contributed by atoms with Crippen molar-refractivity contribution in [1.82, 2.24) is 4.90 Å². The quantitative estimate of drug-likeness (QED) is 0.644. The number of amides is 2. The molecule has 7 nitrogen and oxygen atoms in total. The first-order valence-corrected chi connectivity index (χ1v) is 8.97. The average molecular weight is 372 g/mol. The van der Waals surface area contributed by atoms with Gasteiger partial charge < -0.3 is 19.7 Å². The number of methoxy groups -OCH3 is 1. The lowest BCUT2D eigenvalue weighted by Crippen LogP contribution is -2.40. The van der Waals surface area contributed by atoms with Crippen molar-refractivity contribution in [2.24, 2.45) is 11.3 Å². The Morgan fingerprint density at radius 1 is 1.26 bits per heavy atom. The van der Waals surface area contributed by atoms with Crippen LogP contribution in [0.4, 0.5) is 5.69 Å². The van der Waals surface area contributed by atoms with Crippen LogP contribution in [-0.4, -0.2) is 56.1 Å². The number of carbonyl (C=O) groups is 3. The summed E-state index contributed by atoms with van der Waals surface area (Å²) in [6.45, 7) is 5.45. The van der Waals surface area contributed by atoms with Crippen molar-refractivity contribution in [3.63, 3.8) is 0 Å². The Kier molecular flexibility index (Phi) is 5.60. The monoisotopic (exact) mass is 372 g/mol. The van der Waals surface area contributed by atoms with E-state index in [1.807, 2.05) is 0 Å². The lowest BCUT2D eigenvalue weighted by Gasteiger charge is -2.36. The van der Waals surface area contributed by atoms with Gasteiger partial charge in [-0.1, -0.05) is 6.58 Å². The van der Waals surface area contributed by atoms with Crippen molar-refractivity contribution in [3.8, 4) is 0 Å². The van der Waals surface area contributed by atoms with Gasteiger partial charge in [-0.15, -0.1) is 0 Å². The molecule has 0 bridgehead atoms. The summed E-state index contributed by atoms with van der Waals surface area (Å²) in [5.74, 6) is -1.04. The van der Waals surface area contributed by atoms with Gasteiger partial charge in [0.15, 0.2) is 0 Å². The molecule has 0 aliphatic carbocycles. The molecule has 7 heteroatoms. The molecular weight excluding hydrogens is 348 g/mol. The van der Waals surface area contributed by atoms with Gasteiger partial charge in [-0.2, -0.15) is 0 Å². The summed E-state index contributed by atoms with van der Waals surface area (Å²) in [6, 6.07) is 6.69. The van der Waals surface area contributed by atoms with E-state index in [1.54, 1.807) is 29.2 Å². The second-order valence-corrected chi connectivity index (χ2v) is 7.01. The normalized spacial score (nSPS) is 20.9. The van der Waals surface area contributed by atoms with E-state index in [4.69, 9.17) is 9.47 Å². The maximum Gasteiger partial charge on any atom is 0.311 e. The van der Waals surface area contributed by atoms with Crippen molar-refractivity contribution in [1.29, 1.82) is 0 Å². The van der Waals surface area contributed by atoms with E-state index in [0.29, 0.717) is 37.6 Å². The fraction of sp³-hybridized carbons (Fsp3) is 0.450. The first-order chi connectivity index (χ1) is 13.0. The summed E-state index contributed by atoms with van der Waals surface area (Å²) >= 11 is 0. The molecule has 27 heavy (non-hydrogen) atoms. The van der Waals surface area contributed by atoms with E-state index in [2.05, 4.69) is 11.9 Å². The zero-order valence-electron chi connectivity index (χ0n) is 15.4. The molecule has 2 aliphatic heterocycles. The van der Waals surface area contributed by atoms with Crippen LogP contribution in [0.2, 0.25) is 0 Å². The first-order valence-electron chi connectivity index (χ1n) is 8.97. The number of nitrogens with one attached hydrogen (secondary N) is 1. The van der Waals surface area contributed by atoms with Crippen molar-refractivity contribution < 1.29 is 23.9 Å². The van der Waals surface area contributed by atoms with Gasteiger partial charge in [0.1, 0.15) is 0 Å². The standard InChI is InChI=1S/C20H24N2O5/c1-3-17(23)21-15-6-4-14(5-7-15)18(24)22-12-16(19(25)26-2)20(13-22)8-10-27-11-9-20/h3-7,16H,1,8-13H2,2H3,(H,21,23). The summed E-state index contributed by atoms with van der Waals surface area (Å²) in [5, 5.41) is 2.65. The highest BCUT2D eigenvalue weighted by Gasteiger charge is 2.52. The molecule has 2 amide bonds. The highest BCUT2D eigenvalue weighted by Crippen LogP contribution is 2.45. The molecule has 2 saturated heterocycles. The molecule has 2 aliphatic rings. The predicted molar refractivity (Wildman–Crippen MR) is 99.2 cm³/mol. The highest BCUT2D eigenvalue weighted by molar-refractivity contribution is 6.00. The molecule has 3 rings (SSSR count). The van der Waals surface area contributed by atoms with Gasteiger partial charge in [-0.05, 0) is 43.2 Å². The molecule has 1 spiro atoms. The molecule has 0 aromatic heterocycles. The van der Waals surface area contributed by atoms with Gasteiger partial charge in [0.05, 0.1) is 13.0 Å². The molecule has 1 unspecified atom stereocenters. The van der Waals surface area contributed by atoms with E-state index in [-0.39, 0.29) is 29.1 Å². The van der Waals surface area contributed by atoms with E-state index in [9.17, 15) is 14.4 Å². The number of nitrogens with zero attached hydrogens (tertiary/aromatic N) is 1. The lowest BCUT2D eigenvalue weighted by molar-refractivity contribution is -0.150. The van der Waals surface area contributed by atoms with Crippen LogP contribution in [0, 0.1) is 11.3 Å². The van der Waals surface area contributed by atoms with Crippen LogP contribution in [0.15, 0.2) is 36.9 Å². The van der Waals surface area contributed by atoms with E-state index < -0.39 is 0 Å². The van der Waals surface area contributed by atoms with Crippen molar-refractivity contribution in [2.45, 2.75) is 12.8 Å². The first kappa shape index (κ1) is 19.1. The third-order valence-corrected chi connectivity index (χ3v) is 5.49. The van der Waals surface area contributed by atoms with Crippen LogP contribution in [0.25, 0.3) is 0 Å². The molecule has 2 fully saturated rings. The number of esters is 1. The number of hydrogen-bond donors (Lipinski definition) is 1. The third kappa shape index (κ3) is 3.88. The highest BCUT2D eigenvalue weighted by atomic mass is 16.5. The van der Waals surface area contributed by atoms with Crippen LogP contribution in [0.3, 0.4) is 0 Å². The molecule has 144 valence electrons. The van der Waals surface area contributed by atoms with E-state index in [1.165, 1.54) is 13.2 Å². The second kappa shape index (κ2) is 7.92. The van der Waals surface area contributed by atoms with Crippen molar-refractivity contribution in [2.75, 3.05) is 38.7 Å². The summed E-state index contributed by atoms with van der Waals surface area (Å²) in [4.78, 5) is 38.4. The van der Waals surface area contributed by atoms with E-state index in [0.717, 1.165) is 12.8 Å². The Balaban J connectivity index is 1.75. The number of ether oxygens (including phenoxy) is 2. The Morgan fingerprint density at radius 2 is 1.93 bits per heavy atom. The fourth-order valence-electron chi connectivity index (χ4n) is 3.95. The predicted octanol–water partition coefficient (Wildman–Crippen LogP) is 1.85. The molecule has 1 N–H and O–H groups in total. The van der Waals surface area contributed by atoms with Crippen LogP contribution in [0.1, 0.15) is 23.2 Å². The summed E-state index contributed by atoms with van der Waals surface area (Å²) in [5.41, 5.74) is 0.823. The van der Waals surface area contributed by atoms with Crippen LogP contribution in [0.5, 0.6) is 0 Å². The smallest absolute Gasteiger partial charge is 0.311 e. The maximum atomic E-state index is 13.0. The van der Waals surface area contributed by atoms with Gasteiger partial charge >= 0.3 is 5.97 Å². The summed E-state index contributed by atoms with van der Waals surface area (Å²) in [7, 11) is 1.39. The van der Waals surface area contributed by atoms with Gasteiger partial charge in [-0.3, -0.25) is 14.4 Å². The minimum absolute atomic E-state index is 0.131. The third-order valence-electron chi connectivity index (χ3n) is 5.49. The zero-order chi connectivity index (χ0) is 19.4. The Morgan fingerprint density at radius 3 is 2.52 bits per heavy atom. The number of rotatable bonds is 4. The van der Waals surface area contributed by atoms with E-state index >= 15 is 0 Å². The average Bonchev–Trinajstić information content (AvgIpc) is 3.06. The number of carbonyl (C=O) groups excluding carboxylic acids is 3. The Hall–Kier alpha value is -2.67. The largest absolute Gasteiger partial charge is 0.469 e. The number of hydrogen-bond acceptors (Lipinski definition) is 5. The molecule has 1 atom stereocenters. The SMILES string of the molecule is C=CC(=O)Nc1ccc(C(=O)N2CC(C(=O)OC)C3(CCOCC3)C2)cc1. The number of likely N-dealkylation sites (tertiary alicyclic amines) is 1. The van der Waals surface area contributed by atoms with Gasteiger partial charge in [-0.25, -0.2) is 0 Å². The number of benzene rings is 1. The van der Waals surface area contributed by atoms with Gasteiger partial charge in [0.2, 0.25) is 5.91 Å². The summed E-state index contributed by atoms with van der Waals surface area (Å²) in [6.07, 6.45) is 2.66. The molecule has 0 radical (unpaired) electrons. The topological polar surface area (TPSA) is 84.9 Å². The van der Waals surface area contributed by atoms with Crippen LogP contribution in [-0.2, 0) is 19.1 Å². The Labute approximate surface area is 158 Å². The molecule has 1 aromatic rings. The molecular formula is C20H24N2O5. The summed E-state index contributed by atoms with van der Waals surface area (Å²) < 4.78 is 10.4. The van der Waals surface area contributed by atoms with Gasteiger partial charge in [0.25, 0.3) is 5.91 Å². The number of anilines is 1. The maximum absolute atomic E-state index is 13.0. The molecule has 2 heterocycles. The van der Waals surface area contributed by atoms with Gasteiger partial charge in [0, 0.05) is 43.0 Å².